The highest BCUT2D eigenvalue weighted by molar-refractivity contribution is 5.83. The van der Waals surface area contributed by atoms with E-state index in [1.807, 2.05) is 5.92 Å². The van der Waals surface area contributed by atoms with Crippen molar-refractivity contribution in [1.82, 2.24) is 0 Å². The van der Waals surface area contributed by atoms with Crippen molar-refractivity contribution in [2.75, 3.05) is 0 Å². The van der Waals surface area contributed by atoms with Crippen LogP contribution in [0.3, 0.4) is 0 Å². The average molecular weight is 513 g/mol. The molecule has 3 unspecified atom stereocenters. The van der Waals surface area contributed by atoms with E-state index < -0.39 is 23.6 Å². The molecule has 0 aliphatic heterocycles. The molecule has 35 heavy (non-hydrogen) atoms. The molecule has 202 valence electrons. The Hall–Kier alpha value is -1.27. The molecule has 0 heterocycles. The molecule has 0 bridgehead atoms. The number of hydrogen-bond acceptors (Lipinski definition) is 3. The van der Waals surface area contributed by atoms with E-state index in [1.54, 1.807) is 13.8 Å². The van der Waals surface area contributed by atoms with Crippen LogP contribution in [0.2, 0.25) is 0 Å². The molecule has 2 N–H and O–H groups in total. The summed E-state index contributed by atoms with van der Waals surface area (Å²) in [6.45, 7) is 5.62. The number of fused-ring (bicyclic) bond motifs is 1. The van der Waals surface area contributed by atoms with Gasteiger partial charge in [0, 0.05) is 18.8 Å². The predicted octanol–water partition coefficient (Wildman–Crippen LogP) is 6.75. The first kappa shape index (κ1) is 30.0. The molecular weight excluding hydrogens is 474 g/mol. The lowest BCUT2D eigenvalue weighted by molar-refractivity contribution is -0.343. The Kier molecular flexibility index (Phi) is 9.42. The molecule has 0 aromatic heterocycles. The van der Waals surface area contributed by atoms with Crippen LogP contribution in [0.4, 0.5) is 26.3 Å². The number of carbonyl (C=O) groups excluding carboxylic acids is 1. The second-order valence-electron chi connectivity index (χ2n) is 11.4. The Labute approximate surface area is 204 Å². The summed E-state index contributed by atoms with van der Waals surface area (Å²) in [5, 5.41) is 19.2. The van der Waals surface area contributed by atoms with Crippen LogP contribution >= 0.6 is 0 Å². The maximum absolute atomic E-state index is 12.8. The molecule has 0 aromatic rings. The Bertz CT molecular complexity index is 772. The standard InChI is InChI=1S/C26H38F6O3/c1-22(2,34)14-7-10-18(17-19-12-13-20-21(33)11-8-15-23(19,20)3)9-5-4-6-16-24(35,25(27,28)29)26(30,31)32/h18-20,34-35H,4-5,7-15,17H2,1-3H3/t18-,19?,20?,23?/m1/s1. The van der Waals surface area contributed by atoms with Crippen LogP contribution in [0.5, 0.6) is 0 Å². The van der Waals surface area contributed by atoms with E-state index in [-0.39, 0.29) is 23.7 Å². The molecule has 2 aliphatic rings. The average Bonchev–Trinajstić information content (AvgIpc) is 3.02. The molecule has 0 saturated heterocycles. The zero-order valence-corrected chi connectivity index (χ0v) is 20.8. The van der Waals surface area contributed by atoms with Gasteiger partial charge >= 0.3 is 18.0 Å². The number of Topliss-reactive ketones (excluding diaryl/α,β-unsaturated/α-hetero) is 1. The van der Waals surface area contributed by atoms with Crippen LogP contribution in [0.25, 0.3) is 0 Å². The largest absolute Gasteiger partial charge is 0.438 e. The summed E-state index contributed by atoms with van der Waals surface area (Å²) >= 11 is 0. The lowest BCUT2D eigenvalue weighted by atomic mass is 9.63. The van der Waals surface area contributed by atoms with Gasteiger partial charge in [-0.05, 0) is 88.4 Å². The monoisotopic (exact) mass is 512 g/mol. The summed E-state index contributed by atoms with van der Waals surface area (Å²) in [5.74, 6) is 3.84. The normalized spacial score (nSPS) is 26.8. The Balaban J connectivity index is 2.04. The topological polar surface area (TPSA) is 57.5 Å². The molecule has 2 rings (SSSR count). The van der Waals surface area contributed by atoms with Crippen molar-refractivity contribution in [3.05, 3.63) is 0 Å². The Morgan fingerprint density at radius 2 is 1.63 bits per heavy atom. The van der Waals surface area contributed by atoms with Crippen molar-refractivity contribution in [3.8, 4) is 11.8 Å². The van der Waals surface area contributed by atoms with Gasteiger partial charge in [-0.25, -0.2) is 0 Å². The van der Waals surface area contributed by atoms with Gasteiger partial charge in [-0.2, -0.15) is 26.3 Å². The molecule has 4 atom stereocenters. The molecule has 2 fully saturated rings. The molecule has 2 saturated carbocycles. The van der Waals surface area contributed by atoms with Gasteiger partial charge in [-0.3, -0.25) is 4.79 Å². The lowest BCUT2D eigenvalue weighted by Gasteiger charge is -2.41. The first-order valence-electron chi connectivity index (χ1n) is 12.5. The van der Waals surface area contributed by atoms with Gasteiger partial charge < -0.3 is 10.2 Å². The minimum absolute atomic E-state index is 0.0560. The molecule has 0 radical (unpaired) electrons. The maximum Gasteiger partial charge on any atom is 0.438 e. The van der Waals surface area contributed by atoms with Crippen molar-refractivity contribution >= 4 is 5.78 Å². The SMILES string of the molecule is CC(C)(O)CCC[C@@H](CCCC#CC(O)(C(F)(F)F)C(F)(F)F)CC1CCC2C(=O)CCCC12C. The summed E-state index contributed by atoms with van der Waals surface area (Å²) in [5.41, 5.74) is -5.91. The summed E-state index contributed by atoms with van der Waals surface area (Å²) in [6.07, 6.45) is -3.95. The number of alkyl halides is 6. The van der Waals surface area contributed by atoms with Crippen molar-refractivity contribution in [3.63, 3.8) is 0 Å². The van der Waals surface area contributed by atoms with Crippen LogP contribution in [0.15, 0.2) is 0 Å². The quantitative estimate of drug-likeness (QED) is 0.204. The van der Waals surface area contributed by atoms with E-state index in [0.29, 0.717) is 37.4 Å². The number of rotatable bonds is 9. The Morgan fingerprint density at radius 3 is 2.20 bits per heavy atom. The third-order valence-electron chi connectivity index (χ3n) is 8.08. The van der Waals surface area contributed by atoms with Gasteiger partial charge in [0.25, 0.3) is 0 Å². The predicted molar refractivity (Wildman–Crippen MR) is 120 cm³/mol. The zero-order chi connectivity index (χ0) is 26.7. The minimum atomic E-state index is -5.94. The second kappa shape index (κ2) is 11.0. The van der Waals surface area contributed by atoms with E-state index in [2.05, 4.69) is 6.92 Å². The van der Waals surface area contributed by atoms with Crippen molar-refractivity contribution in [1.29, 1.82) is 0 Å². The van der Waals surface area contributed by atoms with Gasteiger partial charge in [-0.15, -0.1) is 0 Å². The summed E-state index contributed by atoms with van der Waals surface area (Å²) < 4.78 is 76.7. The fourth-order valence-electron chi connectivity index (χ4n) is 6.00. The maximum atomic E-state index is 12.8. The van der Waals surface area contributed by atoms with Crippen molar-refractivity contribution in [2.24, 2.45) is 23.2 Å². The highest BCUT2D eigenvalue weighted by Gasteiger charge is 2.70. The highest BCUT2D eigenvalue weighted by atomic mass is 19.4. The molecule has 0 amide bonds. The highest BCUT2D eigenvalue weighted by Crippen LogP contribution is 2.56. The van der Waals surface area contributed by atoms with Gasteiger partial charge in [-0.1, -0.05) is 25.7 Å². The summed E-state index contributed by atoms with van der Waals surface area (Å²) in [6, 6.07) is 0. The fourth-order valence-corrected chi connectivity index (χ4v) is 6.00. The van der Waals surface area contributed by atoms with E-state index in [9.17, 15) is 36.2 Å². The zero-order valence-electron chi connectivity index (χ0n) is 20.8. The van der Waals surface area contributed by atoms with Crippen LogP contribution in [0.1, 0.15) is 97.8 Å². The molecule has 9 heteroatoms. The second-order valence-corrected chi connectivity index (χ2v) is 11.4. The first-order valence-corrected chi connectivity index (χ1v) is 12.5. The number of aliphatic hydroxyl groups is 2. The lowest BCUT2D eigenvalue weighted by Crippen LogP contribution is -2.55. The first-order chi connectivity index (χ1) is 15.9. The third-order valence-corrected chi connectivity index (χ3v) is 8.08. The van der Waals surface area contributed by atoms with E-state index in [0.717, 1.165) is 50.9 Å². The number of carbonyl (C=O) groups is 1. The molecule has 0 aromatic carbocycles. The number of hydrogen-bond donors (Lipinski definition) is 2. The number of ketones is 1. The smallest absolute Gasteiger partial charge is 0.390 e. The van der Waals surface area contributed by atoms with Crippen molar-refractivity contribution < 1.29 is 41.4 Å². The third kappa shape index (κ3) is 7.38. The van der Waals surface area contributed by atoms with Crippen LogP contribution in [0, 0.1) is 35.0 Å². The van der Waals surface area contributed by atoms with Gasteiger partial charge in [0.2, 0.25) is 0 Å². The van der Waals surface area contributed by atoms with Gasteiger partial charge in [0.05, 0.1) is 5.60 Å². The molecule has 3 nitrogen and oxygen atoms in total. The van der Waals surface area contributed by atoms with Gasteiger partial charge in [0.1, 0.15) is 5.78 Å². The number of unbranched alkanes of at least 4 members (excludes halogenated alkanes) is 1. The van der Waals surface area contributed by atoms with Crippen molar-refractivity contribution in [2.45, 2.75) is 121 Å². The van der Waals surface area contributed by atoms with Crippen LogP contribution in [-0.4, -0.2) is 39.6 Å². The van der Waals surface area contributed by atoms with Gasteiger partial charge in [0.15, 0.2) is 0 Å². The summed E-state index contributed by atoms with van der Waals surface area (Å²) in [7, 11) is 0. The van der Waals surface area contributed by atoms with E-state index in [1.165, 1.54) is 0 Å². The molecular formula is C26H38F6O3. The summed E-state index contributed by atoms with van der Waals surface area (Å²) in [4.78, 5) is 12.4. The molecule has 0 spiro atoms. The van der Waals surface area contributed by atoms with E-state index in [4.69, 9.17) is 5.11 Å². The fraction of sp³-hybridized carbons (Fsp3) is 0.885. The van der Waals surface area contributed by atoms with Crippen LogP contribution in [-0.2, 0) is 4.79 Å². The molecule has 2 aliphatic carbocycles. The van der Waals surface area contributed by atoms with E-state index >= 15 is 0 Å². The van der Waals surface area contributed by atoms with Crippen LogP contribution < -0.4 is 0 Å². The minimum Gasteiger partial charge on any atom is -0.390 e. The Morgan fingerprint density at radius 1 is 1.03 bits per heavy atom. The number of halogens is 6.